The van der Waals surface area contributed by atoms with Crippen LogP contribution >= 0.6 is 0 Å². The van der Waals surface area contributed by atoms with Gasteiger partial charge in [0, 0.05) is 37.6 Å². The monoisotopic (exact) mass is 337 g/mol. The highest BCUT2D eigenvalue weighted by Crippen LogP contribution is 2.28. The Balaban J connectivity index is 1.70. The summed E-state index contributed by atoms with van der Waals surface area (Å²) in [6, 6.07) is -0.338. The van der Waals surface area contributed by atoms with Gasteiger partial charge in [-0.15, -0.1) is 0 Å². The van der Waals surface area contributed by atoms with E-state index in [0.717, 1.165) is 12.1 Å². The molecule has 1 unspecified atom stereocenters. The van der Waals surface area contributed by atoms with E-state index in [0.29, 0.717) is 11.6 Å². The van der Waals surface area contributed by atoms with Crippen molar-refractivity contribution >= 4 is 10.0 Å². The number of nitrogens with one attached hydrogen (secondary N) is 1. The third kappa shape index (κ3) is 3.48. The maximum atomic E-state index is 12.5. The average Bonchev–Trinajstić information content (AvgIpc) is 3.00. The lowest BCUT2D eigenvalue weighted by Crippen LogP contribution is -2.27. The van der Waals surface area contributed by atoms with Gasteiger partial charge in [-0.05, 0) is 32.6 Å². The van der Waals surface area contributed by atoms with Crippen LogP contribution in [0, 0.1) is 12.8 Å². The van der Waals surface area contributed by atoms with Crippen molar-refractivity contribution in [3.8, 4) is 0 Å². The summed E-state index contributed by atoms with van der Waals surface area (Å²) in [5.74, 6) is 0.716. The van der Waals surface area contributed by atoms with Crippen molar-refractivity contribution in [3.05, 3.63) is 29.8 Å². The summed E-state index contributed by atoms with van der Waals surface area (Å²) in [6.45, 7) is 4.44. The highest BCUT2D eigenvalue weighted by Gasteiger charge is 2.24. The highest BCUT2D eigenvalue weighted by molar-refractivity contribution is 7.89. The molecule has 0 spiro atoms. The summed E-state index contributed by atoms with van der Waals surface area (Å²) in [6.07, 6.45) is 9.02. The molecule has 1 aliphatic carbocycles. The summed E-state index contributed by atoms with van der Waals surface area (Å²) in [5, 5.41) is 8.44. The van der Waals surface area contributed by atoms with Crippen LogP contribution in [0.2, 0.25) is 0 Å². The molecule has 2 aromatic heterocycles. The summed E-state index contributed by atoms with van der Waals surface area (Å²) in [5.41, 5.74) is 1.36. The van der Waals surface area contributed by atoms with E-state index < -0.39 is 10.0 Å². The van der Waals surface area contributed by atoms with E-state index in [9.17, 15) is 8.42 Å². The van der Waals surface area contributed by atoms with Crippen molar-refractivity contribution in [2.45, 2.75) is 50.6 Å². The zero-order valence-corrected chi connectivity index (χ0v) is 14.5. The molecule has 3 rings (SSSR count). The van der Waals surface area contributed by atoms with Gasteiger partial charge in [-0.1, -0.05) is 6.42 Å². The van der Waals surface area contributed by atoms with Gasteiger partial charge in [0.15, 0.2) is 0 Å². The van der Waals surface area contributed by atoms with E-state index in [1.54, 1.807) is 20.2 Å². The normalized spacial score (nSPS) is 17.2. The van der Waals surface area contributed by atoms with Crippen molar-refractivity contribution in [2.24, 2.45) is 13.0 Å². The zero-order valence-electron chi connectivity index (χ0n) is 13.7. The van der Waals surface area contributed by atoms with Gasteiger partial charge >= 0.3 is 0 Å². The Kier molecular flexibility index (Phi) is 4.29. The predicted octanol–water partition coefficient (Wildman–Crippen LogP) is 1.76. The van der Waals surface area contributed by atoms with Gasteiger partial charge in [0.05, 0.1) is 11.9 Å². The number of aromatic nitrogens is 4. The molecule has 2 aromatic rings. The molecule has 8 heteroatoms. The van der Waals surface area contributed by atoms with Crippen LogP contribution in [-0.2, 0) is 23.6 Å². The van der Waals surface area contributed by atoms with E-state index in [2.05, 4.69) is 14.9 Å². The summed E-state index contributed by atoms with van der Waals surface area (Å²) in [4.78, 5) is 0.216. The second-order valence-corrected chi connectivity index (χ2v) is 8.07. The molecule has 0 aliphatic heterocycles. The topological polar surface area (TPSA) is 81.8 Å². The van der Waals surface area contributed by atoms with Gasteiger partial charge in [0.2, 0.25) is 10.0 Å². The van der Waals surface area contributed by atoms with E-state index in [4.69, 9.17) is 0 Å². The predicted molar refractivity (Wildman–Crippen MR) is 86.2 cm³/mol. The Bertz CT molecular complexity index is 789. The van der Waals surface area contributed by atoms with Crippen LogP contribution < -0.4 is 4.72 Å². The van der Waals surface area contributed by atoms with Crippen molar-refractivity contribution in [1.29, 1.82) is 0 Å². The smallest absolute Gasteiger partial charge is 0.244 e. The molecule has 0 bridgehead atoms. The molecule has 1 fully saturated rings. The van der Waals surface area contributed by atoms with E-state index in [-0.39, 0.29) is 10.9 Å². The summed E-state index contributed by atoms with van der Waals surface area (Å²) in [7, 11) is -1.89. The van der Waals surface area contributed by atoms with Gasteiger partial charge in [0.25, 0.3) is 0 Å². The number of hydrogen-bond acceptors (Lipinski definition) is 4. The number of sulfonamides is 1. The van der Waals surface area contributed by atoms with Gasteiger partial charge in [0.1, 0.15) is 4.90 Å². The van der Waals surface area contributed by atoms with Crippen LogP contribution in [0.5, 0.6) is 0 Å². The Morgan fingerprint density at radius 3 is 2.70 bits per heavy atom. The molecule has 0 amide bonds. The van der Waals surface area contributed by atoms with Crippen molar-refractivity contribution in [3.63, 3.8) is 0 Å². The van der Waals surface area contributed by atoms with E-state index >= 15 is 0 Å². The number of hydrogen-bond donors (Lipinski definition) is 1. The highest BCUT2D eigenvalue weighted by atomic mass is 32.2. The lowest BCUT2D eigenvalue weighted by molar-refractivity contribution is 0.266. The van der Waals surface area contributed by atoms with Crippen molar-refractivity contribution in [2.75, 3.05) is 0 Å². The molecule has 126 valence electrons. The lowest BCUT2D eigenvalue weighted by atomic mass is 9.85. The second kappa shape index (κ2) is 6.09. The number of aryl methyl sites for hydroxylation is 2. The van der Waals surface area contributed by atoms with Crippen LogP contribution in [0.25, 0.3) is 0 Å². The van der Waals surface area contributed by atoms with Crippen LogP contribution in [-0.4, -0.2) is 28.0 Å². The first-order chi connectivity index (χ1) is 10.8. The van der Waals surface area contributed by atoms with Crippen LogP contribution in [0.4, 0.5) is 0 Å². The molecule has 1 N–H and O–H groups in total. The average molecular weight is 337 g/mol. The molecule has 1 saturated carbocycles. The second-order valence-electron chi connectivity index (χ2n) is 6.39. The molecule has 0 radical (unpaired) electrons. The van der Waals surface area contributed by atoms with E-state index in [1.165, 1.54) is 30.1 Å². The zero-order chi connectivity index (χ0) is 16.6. The van der Waals surface area contributed by atoms with Gasteiger partial charge in [-0.25, -0.2) is 13.1 Å². The van der Waals surface area contributed by atoms with E-state index in [1.807, 2.05) is 17.8 Å². The van der Waals surface area contributed by atoms with Crippen molar-refractivity contribution < 1.29 is 8.42 Å². The molecular formula is C15H23N5O2S. The SMILES string of the molecule is Cc1nn(C)cc1S(=O)(=O)NC(C)c1cnn(CC2CCC2)c1. The van der Waals surface area contributed by atoms with Crippen LogP contribution in [0.15, 0.2) is 23.5 Å². The first kappa shape index (κ1) is 16.2. The quantitative estimate of drug-likeness (QED) is 0.871. The fourth-order valence-electron chi connectivity index (χ4n) is 2.85. The fraction of sp³-hybridized carbons (Fsp3) is 0.600. The standard InChI is InChI=1S/C15H23N5O2S/c1-11(14-7-16-20(9-14)8-13-5-4-6-13)18-23(21,22)15-10-19(3)17-12(15)2/h7,9-11,13,18H,4-6,8H2,1-3H3. The Labute approximate surface area is 136 Å². The number of nitrogens with zero attached hydrogens (tertiary/aromatic N) is 4. The molecule has 2 heterocycles. The van der Waals surface area contributed by atoms with Crippen LogP contribution in [0.1, 0.15) is 43.5 Å². The minimum atomic E-state index is -3.60. The van der Waals surface area contributed by atoms with Gasteiger partial charge in [-0.3, -0.25) is 9.36 Å². The lowest BCUT2D eigenvalue weighted by Gasteiger charge is -2.24. The minimum Gasteiger partial charge on any atom is -0.274 e. The minimum absolute atomic E-state index is 0.216. The molecule has 1 aliphatic rings. The third-order valence-electron chi connectivity index (χ3n) is 4.41. The fourth-order valence-corrected chi connectivity index (χ4v) is 4.30. The largest absolute Gasteiger partial charge is 0.274 e. The summed E-state index contributed by atoms with van der Waals surface area (Å²) >= 11 is 0. The maximum Gasteiger partial charge on any atom is 0.244 e. The summed E-state index contributed by atoms with van der Waals surface area (Å²) < 4.78 is 31.1. The molecule has 23 heavy (non-hydrogen) atoms. The molecular weight excluding hydrogens is 314 g/mol. The first-order valence-corrected chi connectivity index (χ1v) is 9.38. The number of rotatable bonds is 6. The van der Waals surface area contributed by atoms with Gasteiger partial charge < -0.3 is 0 Å². The maximum absolute atomic E-state index is 12.5. The Hall–Kier alpha value is -1.67. The molecule has 0 saturated heterocycles. The van der Waals surface area contributed by atoms with Gasteiger partial charge in [-0.2, -0.15) is 10.2 Å². The first-order valence-electron chi connectivity index (χ1n) is 7.90. The Morgan fingerprint density at radius 2 is 2.13 bits per heavy atom. The van der Waals surface area contributed by atoms with Crippen molar-refractivity contribution in [1.82, 2.24) is 24.3 Å². The molecule has 0 aromatic carbocycles. The molecule has 7 nitrogen and oxygen atoms in total. The Morgan fingerprint density at radius 1 is 1.39 bits per heavy atom. The third-order valence-corrected chi connectivity index (χ3v) is 6.06. The van der Waals surface area contributed by atoms with Crippen LogP contribution in [0.3, 0.4) is 0 Å². The molecule has 1 atom stereocenters.